The SMILES string of the molecule is CC1NOC2C(C)C3NC(=O)C(C)C(c4ccccc4)C3CC12. The zero-order valence-electron chi connectivity index (χ0n) is 14.0. The van der Waals surface area contributed by atoms with E-state index in [1.165, 1.54) is 5.56 Å². The normalized spacial score (nSPS) is 46.0. The largest absolute Gasteiger partial charge is 0.352 e. The van der Waals surface area contributed by atoms with Gasteiger partial charge in [-0.15, -0.1) is 0 Å². The van der Waals surface area contributed by atoms with E-state index in [0.717, 1.165) is 6.42 Å². The lowest BCUT2D eigenvalue weighted by Crippen LogP contribution is -2.61. The number of carbonyl (C=O) groups excluding carboxylic acids is 1. The molecule has 1 saturated carbocycles. The Hall–Kier alpha value is -1.39. The van der Waals surface area contributed by atoms with Gasteiger partial charge in [0.15, 0.2) is 0 Å². The fourth-order valence-electron chi connectivity index (χ4n) is 5.19. The zero-order chi connectivity index (χ0) is 16.1. The number of fused-ring (bicyclic) bond motifs is 2. The molecular formula is C19H26N2O2. The molecule has 2 saturated heterocycles. The summed E-state index contributed by atoms with van der Waals surface area (Å²) in [5.41, 5.74) is 4.47. The van der Waals surface area contributed by atoms with Crippen LogP contribution in [0, 0.1) is 23.7 Å². The fraction of sp³-hybridized carbons (Fsp3) is 0.632. The second kappa shape index (κ2) is 5.60. The van der Waals surface area contributed by atoms with E-state index >= 15 is 0 Å². The average molecular weight is 314 g/mol. The topological polar surface area (TPSA) is 50.4 Å². The van der Waals surface area contributed by atoms with Crippen molar-refractivity contribution in [3.8, 4) is 0 Å². The molecule has 1 aromatic rings. The molecule has 4 rings (SSSR count). The summed E-state index contributed by atoms with van der Waals surface area (Å²) in [7, 11) is 0. The van der Waals surface area contributed by atoms with Crippen molar-refractivity contribution in [1.29, 1.82) is 0 Å². The molecule has 3 aliphatic rings. The minimum Gasteiger partial charge on any atom is -0.352 e. The highest BCUT2D eigenvalue weighted by molar-refractivity contribution is 5.81. The van der Waals surface area contributed by atoms with Gasteiger partial charge in [0.25, 0.3) is 0 Å². The van der Waals surface area contributed by atoms with Gasteiger partial charge in [0.2, 0.25) is 5.91 Å². The lowest BCUT2D eigenvalue weighted by atomic mass is 9.59. The maximum Gasteiger partial charge on any atom is 0.223 e. The molecule has 0 aromatic heterocycles. The number of hydrogen-bond acceptors (Lipinski definition) is 3. The van der Waals surface area contributed by atoms with E-state index in [0.29, 0.717) is 29.7 Å². The molecule has 8 unspecified atom stereocenters. The minimum absolute atomic E-state index is 0.0213. The minimum atomic E-state index is 0.0213. The van der Waals surface area contributed by atoms with Gasteiger partial charge in [-0.25, -0.2) is 0 Å². The number of nitrogens with one attached hydrogen (secondary N) is 2. The van der Waals surface area contributed by atoms with E-state index in [1.807, 2.05) is 6.07 Å². The Bertz CT molecular complexity index is 590. The second-order valence-electron chi connectivity index (χ2n) is 7.67. The Morgan fingerprint density at radius 1 is 1.09 bits per heavy atom. The van der Waals surface area contributed by atoms with Crippen molar-refractivity contribution < 1.29 is 9.63 Å². The van der Waals surface area contributed by atoms with Crippen LogP contribution in [0.15, 0.2) is 30.3 Å². The van der Waals surface area contributed by atoms with Gasteiger partial charge in [-0.1, -0.05) is 44.2 Å². The highest BCUT2D eigenvalue weighted by Crippen LogP contribution is 2.49. The molecule has 23 heavy (non-hydrogen) atoms. The molecule has 0 spiro atoms. The Morgan fingerprint density at radius 2 is 1.83 bits per heavy atom. The van der Waals surface area contributed by atoms with E-state index in [4.69, 9.17) is 4.84 Å². The summed E-state index contributed by atoms with van der Waals surface area (Å²) < 4.78 is 0. The zero-order valence-corrected chi connectivity index (χ0v) is 14.0. The smallest absolute Gasteiger partial charge is 0.223 e. The Morgan fingerprint density at radius 3 is 2.57 bits per heavy atom. The number of rotatable bonds is 1. The van der Waals surface area contributed by atoms with Crippen LogP contribution in [0.1, 0.15) is 38.7 Å². The first-order chi connectivity index (χ1) is 11.1. The number of hydrogen-bond donors (Lipinski definition) is 2. The van der Waals surface area contributed by atoms with E-state index in [-0.39, 0.29) is 24.0 Å². The van der Waals surface area contributed by atoms with Crippen molar-refractivity contribution in [2.24, 2.45) is 23.7 Å². The Kier molecular flexibility index (Phi) is 3.69. The monoisotopic (exact) mass is 314 g/mol. The predicted octanol–water partition coefficient (Wildman–Crippen LogP) is 2.47. The fourth-order valence-corrected chi connectivity index (χ4v) is 5.19. The highest BCUT2D eigenvalue weighted by Gasteiger charge is 2.54. The van der Waals surface area contributed by atoms with Crippen LogP contribution in [-0.4, -0.2) is 24.1 Å². The van der Waals surface area contributed by atoms with Crippen molar-refractivity contribution in [3.05, 3.63) is 35.9 Å². The summed E-state index contributed by atoms with van der Waals surface area (Å²) in [6.45, 7) is 6.51. The third kappa shape index (κ3) is 2.31. The second-order valence-corrected chi connectivity index (χ2v) is 7.67. The molecule has 2 aliphatic heterocycles. The highest BCUT2D eigenvalue weighted by atomic mass is 16.7. The maximum atomic E-state index is 12.6. The van der Waals surface area contributed by atoms with Crippen LogP contribution in [0.2, 0.25) is 0 Å². The van der Waals surface area contributed by atoms with E-state index in [2.05, 4.69) is 55.8 Å². The van der Waals surface area contributed by atoms with Crippen molar-refractivity contribution in [2.75, 3.05) is 0 Å². The van der Waals surface area contributed by atoms with E-state index in [1.54, 1.807) is 0 Å². The Labute approximate surface area is 137 Å². The van der Waals surface area contributed by atoms with Crippen LogP contribution in [0.4, 0.5) is 0 Å². The van der Waals surface area contributed by atoms with Gasteiger partial charge in [0.05, 0.1) is 6.10 Å². The molecule has 2 heterocycles. The average Bonchev–Trinajstić information content (AvgIpc) is 2.92. The molecule has 1 aromatic carbocycles. The molecule has 1 amide bonds. The summed E-state index contributed by atoms with van der Waals surface area (Å²) in [4.78, 5) is 18.4. The molecule has 4 nitrogen and oxygen atoms in total. The Balaban J connectivity index is 1.72. The van der Waals surface area contributed by atoms with E-state index < -0.39 is 0 Å². The van der Waals surface area contributed by atoms with Crippen LogP contribution in [0.3, 0.4) is 0 Å². The first kappa shape index (κ1) is 15.2. The molecule has 0 bridgehead atoms. The maximum absolute atomic E-state index is 12.6. The van der Waals surface area contributed by atoms with Gasteiger partial charge in [-0.3, -0.25) is 9.63 Å². The van der Waals surface area contributed by atoms with Crippen molar-refractivity contribution in [1.82, 2.24) is 10.8 Å². The third-order valence-corrected chi connectivity index (χ3v) is 6.45. The lowest BCUT2D eigenvalue weighted by Gasteiger charge is -2.50. The number of amides is 1. The van der Waals surface area contributed by atoms with Gasteiger partial charge in [-0.2, -0.15) is 5.48 Å². The van der Waals surface area contributed by atoms with Crippen LogP contribution >= 0.6 is 0 Å². The molecule has 1 aliphatic carbocycles. The summed E-state index contributed by atoms with van der Waals surface area (Å²) in [5, 5.41) is 3.30. The molecule has 0 radical (unpaired) electrons. The first-order valence-corrected chi connectivity index (χ1v) is 8.84. The molecular weight excluding hydrogens is 288 g/mol. The lowest BCUT2D eigenvalue weighted by molar-refractivity contribution is -0.135. The van der Waals surface area contributed by atoms with Crippen LogP contribution in [0.25, 0.3) is 0 Å². The molecule has 8 atom stereocenters. The van der Waals surface area contributed by atoms with E-state index in [9.17, 15) is 4.79 Å². The first-order valence-electron chi connectivity index (χ1n) is 8.84. The number of hydroxylamine groups is 1. The molecule has 2 N–H and O–H groups in total. The molecule has 4 heteroatoms. The van der Waals surface area contributed by atoms with Crippen molar-refractivity contribution in [3.63, 3.8) is 0 Å². The van der Waals surface area contributed by atoms with Crippen molar-refractivity contribution in [2.45, 2.75) is 51.3 Å². The van der Waals surface area contributed by atoms with Crippen molar-refractivity contribution >= 4 is 5.91 Å². The number of benzene rings is 1. The predicted molar refractivity (Wildman–Crippen MR) is 88.5 cm³/mol. The quantitative estimate of drug-likeness (QED) is 0.837. The molecule has 3 fully saturated rings. The van der Waals surface area contributed by atoms with Gasteiger partial charge in [-0.05, 0) is 30.7 Å². The number of piperidine rings is 1. The summed E-state index contributed by atoms with van der Waals surface area (Å²) in [5.74, 6) is 1.84. The van der Waals surface area contributed by atoms with Crippen LogP contribution in [0.5, 0.6) is 0 Å². The molecule has 124 valence electrons. The van der Waals surface area contributed by atoms with Gasteiger partial charge in [0, 0.05) is 29.8 Å². The standard InChI is InChI=1S/C19H26N2O2/c1-10-16(13-7-5-4-6-8-13)15-9-14-12(3)21-23-18(14)11(2)17(15)20-19(10)22/h4-8,10-12,14-18,21H,9H2,1-3H3,(H,20,22). The number of carbonyl (C=O) groups is 1. The summed E-state index contributed by atoms with van der Waals surface area (Å²) in [6, 6.07) is 11.2. The third-order valence-electron chi connectivity index (χ3n) is 6.45. The summed E-state index contributed by atoms with van der Waals surface area (Å²) in [6.07, 6.45) is 1.31. The summed E-state index contributed by atoms with van der Waals surface area (Å²) >= 11 is 0. The van der Waals surface area contributed by atoms with Gasteiger partial charge >= 0.3 is 0 Å². The van der Waals surface area contributed by atoms with Crippen LogP contribution in [-0.2, 0) is 9.63 Å². The van der Waals surface area contributed by atoms with Crippen LogP contribution < -0.4 is 10.8 Å². The van der Waals surface area contributed by atoms with Gasteiger partial charge in [0.1, 0.15) is 0 Å². The van der Waals surface area contributed by atoms with Gasteiger partial charge < -0.3 is 5.32 Å².